The van der Waals surface area contributed by atoms with Crippen LogP contribution in [0.5, 0.6) is 0 Å². The fraction of sp³-hybridized carbons (Fsp3) is 0.500. The standard InChI is InChI=1S/C14H19ClN2O.ClH/c1-11(15)14(18)16-13-7-8-17(10-13)9-12-5-3-2-4-6-12;/h2-6,11,13H,7-10H2,1H3,(H,16,18);1H. The molecule has 0 bridgehead atoms. The smallest absolute Gasteiger partial charge is 0.238 e. The van der Waals surface area contributed by atoms with Crippen molar-refractivity contribution in [3.63, 3.8) is 0 Å². The molecule has 2 rings (SSSR count). The number of hydrogen-bond donors (Lipinski definition) is 1. The first-order chi connectivity index (χ1) is 8.65. The van der Waals surface area contributed by atoms with E-state index in [9.17, 15) is 4.79 Å². The predicted octanol–water partition coefficient (Wildman–Crippen LogP) is 2.43. The zero-order chi connectivity index (χ0) is 13.0. The van der Waals surface area contributed by atoms with Crippen molar-refractivity contribution in [1.82, 2.24) is 10.2 Å². The number of carbonyl (C=O) groups excluding carboxylic acids is 1. The van der Waals surface area contributed by atoms with Crippen LogP contribution in [0.3, 0.4) is 0 Å². The fourth-order valence-corrected chi connectivity index (χ4v) is 2.31. The van der Waals surface area contributed by atoms with Crippen LogP contribution < -0.4 is 5.32 Å². The van der Waals surface area contributed by atoms with Gasteiger partial charge in [0.1, 0.15) is 5.38 Å². The third kappa shape index (κ3) is 5.01. The molecule has 1 aromatic carbocycles. The largest absolute Gasteiger partial charge is 0.351 e. The fourth-order valence-electron chi connectivity index (χ4n) is 2.25. The van der Waals surface area contributed by atoms with Crippen LogP contribution in [0.25, 0.3) is 0 Å². The zero-order valence-electron chi connectivity index (χ0n) is 11.0. The Morgan fingerprint density at radius 1 is 1.47 bits per heavy atom. The van der Waals surface area contributed by atoms with Crippen molar-refractivity contribution in [3.05, 3.63) is 35.9 Å². The molecule has 1 N–H and O–H groups in total. The molecule has 2 unspecified atom stereocenters. The molecule has 1 fully saturated rings. The van der Waals surface area contributed by atoms with E-state index in [1.165, 1.54) is 5.56 Å². The van der Waals surface area contributed by atoms with E-state index < -0.39 is 5.38 Å². The first-order valence-corrected chi connectivity index (χ1v) is 6.79. The maximum absolute atomic E-state index is 11.5. The highest BCUT2D eigenvalue weighted by molar-refractivity contribution is 6.30. The van der Waals surface area contributed by atoms with Gasteiger partial charge in [-0.2, -0.15) is 0 Å². The predicted molar refractivity (Wildman–Crippen MR) is 80.8 cm³/mol. The second-order valence-electron chi connectivity index (χ2n) is 4.83. The second-order valence-corrected chi connectivity index (χ2v) is 5.49. The maximum atomic E-state index is 11.5. The van der Waals surface area contributed by atoms with E-state index in [0.717, 1.165) is 26.1 Å². The number of hydrogen-bond acceptors (Lipinski definition) is 2. The molecule has 5 heteroatoms. The zero-order valence-corrected chi connectivity index (χ0v) is 12.6. The number of nitrogens with zero attached hydrogens (tertiary/aromatic N) is 1. The maximum Gasteiger partial charge on any atom is 0.238 e. The number of amides is 1. The number of rotatable bonds is 4. The highest BCUT2D eigenvalue weighted by Gasteiger charge is 2.24. The highest BCUT2D eigenvalue weighted by Crippen LogP contribution is 2.13. The summed E-state index contributed by atoms with van der Waals surface area (Å²) in [6.07, 6.45) is 1.00. The van der Waals surface area contributed by atoms with Crippen LogP contribution >= 0.6 is 24.0 Å². The molecule has 0 spiro atoms. The van der Waals surface area contributed by atoms with E-state index in [2.05, 4.69) is 34.5 Å². The summed E-state index contributed by atoms with van der Waals surface area (Å²) in [6, 6.07) is 10.6. The summed E-state index contributed by atoms with van der Waals surface area (Å²) >= 11 is 5.75. The molecule has 1 heterocycles. The van der Waals surface area contributed by atoms with Gasteiger partial charge in [-0.1, -0.05) is 30.3 Å². The minimum absolute atomic E-state index is 0. The van der Waals surface area contributed by atoms with E-state index >= 15 is 0 Å². The molecule has 106 valence electrons. The number of nitrogens with one attached hydrogen (secondary N) is 1. The summed E-state index contributed by atoms with van der Waals surface area (Å²) in [5, 5.41) is 2.53. The molecule has 2 atom stereocenters. The van der Waals surface area contributed by atoms with Gasteiger partial charge in [-0.25, -0.2) is 0 Å². The molecule has 0 saturated carbocycles. The number of alkyl halides is 1. The Morgan fingerprint density at radius 3 is 2.79 bits per heavy atom. The van der Waals surface area contributed by atoms with Crippen molar-refractivity contribution in [1.29, 1.82) is 0 Å². The van der Waals surface area contributed by atoms with E-state index in [0.29, 0.717) is 0 Å². The van der Waals surface area contributed by atoms with E-state index in [1.807, 2.05) is 6.07 Å². The summed E-state index contributed by atoms with van der Waals surface area (Å²) in [5.74, 6) is -0.0665. The van der Waals surface area contributed by atoms with Gasteiger partial charge in [0, 0.05) is 25.7 Å². The summed E-state index contributed by atoms with van der Waals surface area (Å²) in [6.45, 7) is 4.58. The van der Waals surface area contributed by atoms with E-state index in [4.69, 9.17) is 11.6 Å². The van der Waals surface area contributed by atoms with Gasteiger partial charge in [-0.3, -0.25) is 9.69 Å². The molecule has 1 amide bonds. The second kappa shape index (κ2) is 7.73. The lowest BCUT2D eigenvalue weighted by Gasteiger charge is -2.17. The lowest BCUT2D eigenvalue weighted by atomic mass is 10.2. The topological polar surface area (TPSA) is 32.3 Å². The lowest BCUT2D eigenvalue weighted by Crippen LogP contribution is -2.40. The van der Waals surface area contributed by atoms with Crippen LogP contribution in [-0.2, 0) is 11.3 Å². The number of likely N-dealkylation sites (tertiary alicyclic amines) is 1. The molecular weight excluding hydrogens is 283 g/mol. The van der Waals surface area contributed by atoms with Crippen LogP contribution in [0.4, 0.5) is 0 Å². The van der Waals surface area contributed by atoms with Gasteiger partial charge in [0.2, 0.25) is 5.91 Å². The van der Waals surface area contributed by atoms with Crippen LogP contribution in [0.1, 0.15) is 18.9 Å². The number of carbonyl (C=O) groups is 1. The molecule has 1 saturated heterocycles. The lowest BCUT2D eigenvalue weighted by molar-refractivity contribution is -0.121. The Kier molecular flexibility index (Phi) is 6.63. The van der Waals surface area contributed by atoms with Gasteiger partial charge in [-0.15, -0.1) is 24.0 Å². The van der Waals surface area contributed by atoms with Gasteiger partial charge >= 0.3 is 0 Å². The minimum Gasteiger partial charge on any atom is -0.351 e. The Bertz CT molecular complexity index is 398. The molecule has 0 radical (unpaired) electrons. The average molecular weight is 303 g/mol. The summed E-state index contributed by atoms with van der Waals surface area (Å²) in [7, 11) is 0. The van der Waals surface area contributed by atoms with Crippen molar-refractivity contribution in [2.75, 3.05) is 13.1 Å². The van der Waals surface area contributed by atoms with Crippen LogP contribution in [-0.4, -0.2) is 35.3 Å². The van der Waals surface area contributed by atoms with Gasteiger partial charge in [0.15, 0.2) is 0 Å². The van der Waals surface area contributed by atoms with Crippen LogP contribution in [0.2, 0.25) is 0 Å². The third-order valence-electron chi connectivity index (χ3n) is 3.23. The van der Waals surface area contributed by atoms with Crippen LogP contribution in [0, 0.1) is 0 Å². The Balaban J connectivity index is 0.00000180. The first-order valence-electron chi connectivity index (χ1n) is 6.36. The van der Waals surface area contributed by atoms with Crippen molar-refractivity contribution in [2.24, 2.45) is 0 Å². The normalized spacial score (nSPS) is 20.6. The molecular formula is C14H20Cl2N2O. The van der Waals surface area contributed by atoms with Gasteiger partial charge in [0.05, 0.1) is 0 Å². The molecule has 19 heavy (non-hydrogen) atoms. The summed E-state index contributed by atoms with van der Waals surface area (Å²) < 4.78 is 0. The monoisotopic (exact) mass is 302 g/mol. The number of benzene rings is 1. The number of halogens is 2. The van der Waals surface area contributed by atoms with Gasteiger partial charge < -0.3 is 5.32 Å². The molecule has 1 aromatic rings. The quantitative estimate of drug-likeness (QED) is 0.867. The van der Waals surface area contributed by atoms with Gasteiger partial charge in [-0.05, 0) is 18.9 Å². The Labute approximate surface area is 125 Å². The summed E-state index contributed by atoms with van der Waals surface area (Å²) in [4.78, 5) is 13.9. The van der Waals surface area contributed by atoms with E-state index in [1.54, 1.807) is 6.92 Å². The Hall–Kier alpha value is -0.770. The average Bonchev–Trinajstić information content (AvgIpc) is 2.77. The third-order valence-corrected chi connectivity index (χ3v) is 3.43. The molecule has 0 aliphatic carbocycles. The highest BCUT2D eigenvalue weighted by atomic mass is 35.5. The molecule has 1 aliphatic rings. The van der Waals surface area contributed by atoms with Crippen molar-refractivity contribution in [3.8, 4) is 0 Å². The Morgan fingerprint density at radius 2 is 2.16 bits per heavy atom. The van der Waals surface area contributed by atoms with Crippen molar-refractivity contribution >= 4 is 29.9 Å². The first kappa shape index (κ1) is 16.3. The SMILES string of the molecule is CC(Cl)C(=O)NC1CCN(Cc2ccccc2)C1.Cl. The van der Waals surface area contributed by atoms with Gasteiger partial charge in [0.25, 0.3) is 0 Å². The summed E-state index contributed by atoms with van der Waals surface area (Å²) in [5.41, 5.74) is 1.31. The molecule has 3 nitrogen and oxygen atoms in total. The molecule has 0 aromatic heterocycles. The van der Waals surface area contributed by atoms with Crippen molar-refractivity contribution in [2.45, 2.75) is 31.3 Å². The van der Waals surface area contributed by atoms with Crippen LogP contribution in [0.15, 0.2) is 30.3 Å². The van der Waals surface area contributed by atoms with E-state index in [-0.39, 0.29) is 24.4 Å². The van der Waals surface area contributed by atoms with Crippen molar-refractivity contribution < 1.29 is 4.79 Å². The minimum atomic E-state index is -0.451. The molecule has 1 aliphatic heterocycles.